The molecule has 0 aliphatic rings. The van der Waals surface area contributed by atoms with Crippen LogP contribution in [0.3, 0.4) is 0 Å². The van der Waals surface area contributed by atoms with E-state index < -0.39 is 0 Å². The quantitative estimate of drug-likeness (QED) is 0.419. The highest BCUT2D eigenvalue weighted by molar-refractivity contribution is 7.98. The Morgan fingerprint density at radius 2 is 2.22 bits per heavy atom. The van der Waals surface area contributed by atoms with Gasteiger partial charge in [-0.3, -0.25) is 0 Å². The molecule has 0 saturated carbocycles. The number of rotatable bonds is 3. The van der Waals surface area contributed by atoms with Gasteiger partial charge in [0.05, 0.1) is 0 Å². The monoisotopic (exact) mass is 148 g/mol. The average molecular weight is 148 g/mol. The summed E-state index contributed by atoms with van der Waals surface area (Å²) in [6.07, 6.45) is 3.94. The van der Waals surface area contributed by atoms with E-state index in [-0.39, 0.29) is 16.8 Å². The van der Waals surface area contributed by atoms with Crippen molar-refractivity contribution in [1.82, 2.24) is 0 Å². The summed E-state index contributed by atoms with van der Waals surface area (Å²) in [5.74, 6) is -0.203. The van der Waals surface area contributed by atoms with Crippen molar-refractivity contribution in [3.8, 4) is 0 Å². The van der Waals surface area contributed by atoms with Crippen LogP contribution in [0.1, 0.15) is 6.92 Å². The van der Waals surface area contributed by atoms with Gasteiger partial charge in [0.25, 0.3) is 0 Å². The molecule has 0 rings (SSSR count). The summed E-state index contributed by atoms with van der Waals surface area (Å²) < 4.78 is 4.67. The second kappa shape index (κ2) is 4.56. The molecular formula is C6H12O2S. The predicted molar refractivity (Wildman–Crippen MR) is 38.9 cm³/mol. The summed E-state index contributed by atoms with van der Waals surface area (Å²) >= 11 is 0. The molecule has 9 heavy (non-hydrogen) atoms. The maximum Gasteiger partial charge on any atom is 0.140 e. The number of hydrogen-bond donors (Lipinski definition) is 0. The standard InChI is InChI=1S/C6H12O2S/c1-4-8-6(7)5-9(2)3/h5H,4H2,1-3H3/b6-5+. The van der Waals surface area contributed by atoms with Crippen molar-refractivity contribution in [1.29, 1.82) is 0 Å². The van der Waals surface area contributed by atoms with Crippen LogP contribution in [0.4, 0.5) is 0 Å². The molecule has 3 heteroatoms. The van der Waals surface area contributed by atoms with E-state index in [4.69, 9.17) is 0 Å². The molecule has 0 amide bonds. The Bertz CT molecular complexity index is 99.2. The third-order valence-electron chi connectivity index (χ3n) is 0.619. The van der Waals surface area contributed by atoms with E-state index in [2.05, 4.69) is 4.74 Å². The second-order valence-electron chi connectivity index (χ2n) is 1.75. The van der Waals surface area contributed by atoms with E-state index >= 15 is 0 Å². The molecule has 0 aromatic heterocycles. The minimum absolute atomic E-state index is 0.0533. The van der Waals surface area contributed by atoms with Gasteiger partial charge >= 0.3 is 0 Å². The molecule has 0 aliphatic heterocycles. The fourth-order valence-electron chi connectivity index (χ4n) is 0.369. The third kappa shape index (κ3) is 5.56. The summed E-state index contributed by atoms with van der Waals surface area (Å²) in [6, 6.07) is 0. The van der Waals surface area contributed by atoms with Crippen LogP contribution < -0.4 is 5.11 Å². The van der Waals surface area contributed by atoms with E-state index in [0.717, 1.165) is 0 Å². The Morgan fingerprint density at radius 1 is 1.67 bits per heavy atom. The number of ether oxygens (including phenoxy) is 1. The zero-order valence-electron chi connectivity index (χ0n) is 6.01. The first kappa shape index (κ1) is 8.69. The van der Waals surface area contributed by atoms with Crippen LogP contribution in [0.15, 0.2) is 11.4 Å². The average Bonchev–Trinajstić information content (AvgIpc) is 1.63. The Kier molecular flexibility index (Phi) is 4.40. The van der Waals surface area contributed by atoms with Crippen LogP contribution in [-0.2, 0) is 15.6 Å². The normalized spacial score (nSPS) is 12.2. The molecule has 54 valence electrons. The molecule has 0 unspecified atom stereocenters. The van der Waals surface area contributed by atoms with E-state index in [9.17, 15) is 5.11 Å². The minimum atomic E-state index is -0.203. The lowest BCUT2D eigenvalue weighted by Crippen LogP contribution is -2.09. The molecule has 0 spiro atoms. The molecular weight excluding hydrogens is 136 g/mol. The summed E-state index contributed by atoms with van der Waals surface area (Å²) in [4.78, 5) is 0. The van der Waals surface area contributed by atoms with Gasteiger partial charge in [-0.15, -0.1) is 0 Å². The van der Waals surface area contributed by atoms with Crippen LogP contribution >= 0.6 is 0 Å². The fraction of sp³-hybridized carbons (Fsp3) is 0.667. The zero-order chi connectivity index (χ0) is 7.28. The molecule has 0 bridgehead atoms. The highest BCUT2D eigenvalue weighted by atomic mass is 32.2. The summed E-state index contributed by atoms with van der Waals surface area (Å²) in [6.45, 7) is 2.27. The highest BCUT2D eigenvalue weighted by Crippen LogP contribution is 1.92. The molecule has 0 aliphatic carbocycles. The fourth-order valence-corrected chi connectivity index (χ4v) is 0.822. The van der Waals surface area contributed by atoms with Gasteiger partial charge in [0.1, 0.15) is 23.9 Å². The van der Waals surface area contributed by atoms with Gasteiger partial charge in [-0.25, -0.2) is 0 Å². The minimum Gasteiger partial charge on any atom is -0.611 e. The van der Waals surface area contributed by atoms with Crippen molar-refractivity contribution >= 4 is 10.9 Å². The van der Waals surface area contributed by atoms with Crippen LogP contribution in [-0.4, -0.2) is 19.1 Å². The SMILES string of the molecule is CCO/C([O-])=C/[S+](C)C. The Balaban J connectivity index is 3.55. The van der Waals surface area contributed by atoms with Crippen molar-refractivity contribution in [3.63, 3.8) is 0 Å². The highest BCUT2D eigenvalue weighted by Gasteiger charge is 1.93. The maximum atomic E-state index is 10.6. The molecule has 0 radical (unpaired) electrons. The van der Waals surface area contributed by atoms with Gasteiger partial charge in [-0.2, -0.15) is 0 Å². The van der Waals surface area contributed by atoms with Gasteiger partial charge in [-0.05, 0) is 6.61 Å². The van der Waals surface area contributed by atoms with Gasteiger partial charge in [0.15, 0.2) is 0 Å². The lowest BCUT2D eigenvalue weighted by molar-refractivity contribution is -0.356. The van der Waals surface area contributed by atoms with Crippen molar-refractivity contribution in [2.24, 2.45) is 0 Å². The number of hydrogen-bond acceptors (Lipinski definition) is 2. The third-order valence-corrected chi connectivity index (χ3v) is 1.28. The van der Waals surface area contributed by atoms with Crippen LogP contribution in [0.2, 0.25) is 0 Å². The van der Waals surface area contributed by atoms with Gasteiger partial charge < -0.3 is 9.84 Å². The van der Waals surface area contributed by atoms with E-state index in [1.54, 1.807) is 12.3 Å². The molecule has 2 nitrogen and oxygen atoms in total. The molecule has 0 aromatic carbocycles. The van der Waals surface area contributed by atoms with Gasteiger partial charge in [0.2, 0.25) is 0 Å². The molecule has 0 N–H and O–H groups in total. The molecule has 0 saturated heterocycles. The van der Waals surface area contributed by atoms with E-state index in [1.807, 2.05) is 12.5 Å². The van der Waals surface area contributed by atoms with Crippen molar-refractivity contribution in [3.05, 3.63) is 11.4 Å². The van der Waals surface area contributed by atoms with Crippen LogP contribution in [0, 0.1) is 0 Å². The molecule has 0 aromatic rings. The summed E-state index contributed by atoms with van der Waals surface area (Å²) in [7, 11) is 0.0533. The Morgan fingerprint density at radius 3 is 2.56 bits per heavy atom. The van der Waals surface area contributed by atoms with E-state index in [0.29, 0.717) is 6.61 Å². The maximum absolute atomic E-state index is 10.6. The first-order chi connectivity index (χ1) is 4.16. The summed E-state index contributed by atoms with van der Waals surface area (Å²) in [5.41, 5.74) is 0. The second-order valence-corrected chi connectivity index (χ2v) is 3.74. The largest absolute Gasteiger partial charge is 0.611 e. The Hall–Kier alpha value is -0.310. The van der Waals surface area contributed by atoms with Crippen molar-refractivity contribution < 1.29 is 9.84 Å². The molecule has 0 fully saturated rings. The van der Waals surface area contributed by atoms with Crippen molar-refractivity contribution in [2.45, 2.75) is 6.92 Å². The van der Waals surface area contributed by atoms with Crippen LogP contribution in [0.25, 0.3) is 0 Å². The molecule has 0 heterocycles. The topological polar surface area (TPSA) is 32.3 Å². The van der Waals surface area contributed by atoms with Crippen molar-refractivity contribution in [2.75, 3.05) is 19.1 Å². The predicted octanol–water partition coefficient (Wildman–Crippen LogP) is 0.0600. The van der Waals surface area contributed by atoms with Gasteiger partial charge in [0, 0.05) is 10.9 Å². The zero-order valence-corrected chi connectivity index (χ0v) is 6.83. The van der Waals surface area contributed by atoms with E-state index in [1.165, 1.54) is 0 Å². The summed E-state index contributed by atoms with van der Waals surface area (Å²) in [5, 5.41) is 12.2. The van der Waals surface area contributed by atoms with Gasteiger partial charge in [-0.1, -0.05) is 6.92 Å². The lowest BCUT2D eigenvalue weighted by atomic mass is 10.8. The lowest BCUT2D eigenvalue weighted by Gasteiger charge is -2.09. The van der Waals surface area contributed by atoms with Crippen LogP contribution in [0.5, 0.6) is 0 Å². The smallest absolute Gasteiger partial charge is 0.140 e. The first-order valence-corrected chi connectivity index (χ1v) is 4.85. The first-order valence-electron chi connectivity index (χ1n) is 2.74. The Labute approximate surface area is 58.9 Å². The molecule has 0 atom stereocenters.